The molecule has 5 nitrogen and oxygen atoms in total. The number of nitrogens with one attached hydrogen (secondary N) is 1. The summed E-state index contributed by atoms with van der Waals surface area (Å²) in [6, 6.07) is 6.27. The van der Waals surface area contributed by atoms with Gasteiger partial charge in [0.1, 0.15) is 0 Å². The number of amides is 1. The van der Waals surface area contributed by atoms with Gasteiger partial charge in [-0.05, 0) is 37.1 Å². The van der Waals surface area contributed by atoms with Crippen LogP contribution in [0, 0.1) is 0 Å². The van der Waals surface area contributed by atoms with Gasteiger partial charge in [0, 0.05) is 16.4 Å². The second-order valence-corrected chi connectivity index (χ2v) is 5.61. The normalized spacial score (nSPS) is 15.3. The van der Waals surface area contributed by atoms with E-state index in [1.54, 1.807) is 12.1 Å². The van der Waals surface area contributed by atoms with Gasteiger partial charge in [-0.25, -0.2) is 0 Å². The van der Waals surface area contributed by atoms with E-state index in [0.29, 0.717) is 22.3 Å². The van der Waals surface area contributed by atoms with Crippen molar-refractivity contribution in [3.05, 3.63) is 35.7 Å². The lowest BCUT2D eigenvalue weighted by molar-refractivity contribution is 0.102. The van der Waals surface area contributed by atoms with Crippen molar-refractivity contribution in [1.29, 1.82) is 0 Å². The fraction of sp³-hybridized carbons (Fsp3) is 0.357. The Bertz CT molecular complexity index is 623. The molecule has 0 bridgehead atoms. The van der Waals surface area contributed by atoms with E-state index in [0.717, 1.165) is 12.8 Å². The third-order valence-corrected chi connectivity index (χ3v) is 4.02. The minimum Gasteiger partial charge on any atom is -0.408 e. The van der Waals surface area contributed by atoms with E-state index in [-0.39, 0.29) is 24.1 Å². The molecule has 0 unspecified atom stereocenters. The molecule has 2 aromatic rings. The standard InChI is InChI=1S/C14H14FN3O2S/c15-21-11-7-5-9(6-8-11)12(19)16-14-18-17-13(20-14)10-3-1-2-4-10/h5-8,10H,1-4H2,(H,16,18,19). The molecule has 1 N–H and O–H groups in total. The largest absolute Gasteiger partial charge is 0.408 e. The number of halogens is 1. The summed E-state index contributed by atoms with van der Waals surface area (Å²) in [6.45, 7) is 0. The number of benzene rings is 1. The predicted molar refractivity (Wildman–Crippen MR) is 76.9 cm³/mol. The maximum absolute atomic E-state index is 12.3. The molecule has 1 fully saturated rings. The first kappa shape index (κ1) is 14.1. The molecule has 7 heteroatoms. The summed E-state index contributed by atoms with van der Waals surface area (Å²) in [7, 11) is 0. The van der Waals surface area contributed by atoms with E-state index in [2.05, 4.69) is 15.5 Å². The van der Waals surface area contributed by atoms with Crippen LogP contribution in [0.2, 0.25) is 0 Å². The number of aromatic nitrogens is 2. The summed E-state index contributed by atoms with van der Waals surface area (Å²) in [6.07, 6.45) is 4.46. The molecule has 1 heterocycles. The molecule has 1 aromatic carbocycles. The fourth-order valence-corrected chi connectivity index (χ4v) is 2.69. The van der Waals surface area contributed by atoms with Crippen molar-refractivity contribution in [2.24, 2.45) is 0 Å². The van der Waals surface area contributed by atoms with Crippen LogP contribution in [-0.4, -0.2) is 16.1 Å². The van der Waals surface area contributed by atoms with E-state index in [9.17, 15) is 8.68 Å². The number of rotatable bonds is 4. The average molecular weight is 307 g/mol. The van der Waals surface area contributed by atoms with E-state index >= 15 is 0 Å². The van der Waals surface area contributed by atoms with Gasteiger partial charge in [0.05, 0.1) is 12.1 Å². The molecular weight excluding hydrogens is 293 g/mol. The summed E-state index contributed by atoms with van der Waals surface area (Å²) < 4.78 is 17.8. The van der Waals surface area contributed by atoms with Crippen molar-refractivity contribution in [2.75, 3.05) is 5.32 Å². The van der Waals surface area contributed by atoms with Gasteiger partial charge >= 0.3 is 6.01 Å². The summed E-state index contributed by atoms with van der Waals surface area (Å²) >= 11 is 0.138. The maximum atomic E-state index is 12.3. The predicted octanol–water partition coefficient (Wildman–Crippen LogP) is 3.96. The summed E-state index contributed by atoms with van der Waals surface area (Å²) in [5.74, 6) is 0.544. The number of carbonyl (C=O) groups is 1. The molecule has 0 atom stereocenters. The van der Waals surface area contributed by atoms with E-state index in [4.69, 9.17) is 4.42 Å². The average Bonchev–Trinajstić information content (AvgIpc) is 3.18. The number of anilines is 1. The number of carbonyl (C=O) groups excluding carboxylic acids is 1. The van der Waals surface area contributed by atoms with Crippen molar-refractivity contribution in [3.63, 3.8) is 0 Å². The minimum atomic E-state index is -0.355. The van der Waals surface area contributed by atoms with Gasteiger partial charge in [0.15, 0.2) is 0 Å². The van der Waals surface area contributed by atoms with Crippen LogP contribution in [0.5, 0.6) is 0 Å². The molecule has 1 saturated carbocycles. The number of hydrogen-bond acceptors (Lipinski definition) is 5. The van der Waals surface area contributed by atoms with E-state index in [1.165, 1.54) is 25.0 Å². The van der Waals surface area contributed by atoms with Crippen molar-refractivity contribution in [3.8, 4) is 0 Å². The minimum absolute atomic E-state index is 0.103. The van der Waals surface area contributed by atoms with Crippen LogP contribution in [0.4, 0.5) is 9.90 Å². The molecule has 3 rings (SSSR count). The Balaban J connectivity index is 1.66. The fourth-order valence-electron chi connectivity index (χ4n) is 2.45. The zero-order valence-electron chi connectivity index (χ0n) is 11.2. The van der Waals surface area contributed by atoms with E-state index in [1.807, 2.05) is 0 Å². The Morgan fingerprint density at radius 1 is 1.24 bits per heavy atom. The van der Waals surface area contributed by atoms with Crippen molar-refractivity contribution >= 4 is 24.1 Å². The Hall–Kier alpha value is -1.89. The smallest absolute Gasteiger partial charge is 0.322 e. The second kappa shape index (κ2) is 6.26. The SMILES string of the molecule is O=C(Nc1nnc(C2CCCC2)o1)c1ccc(SF)cc1. The van der Waals surface area contributed by atoms with Gasteiger partial charge in [0.2, 0.25) is 5.89 Å². The molecule has 0 radical (unpaired) electrons. The first-order valence-corrected chi connectivity index (χ1v) is 7.51. The second-order valence-electron chi connectivity index (χ2n) is 4.98. The summed E-state index contributed by atoms with van der Waals surface area (Å²) in [5, 5.41) is 10.4. The highest BCUT2D eigenvalue weighted by Gasteiger charge is 2.23. The summed E-state index contributed by atoms with van der Waals surface area (Å²) in [5.41, 5.74) is 0.411. The van der Waals surface area contributed by atoms with Crippen LogP contribution in [-0.2, 0) is 0 Å². The highest BCUT2D eigenvalue weighted by Crippen LogP contribution is 2.33. The lowest BCUT2D eigenvalue weighted by atomic mass is 10.1. The van der Waals surface area contributed by atoms with Crippen LogP contribution in [0.1, 0.15) is 47.8 Å². The highest BCUT2D eigenvalue weighted by atomic mass is 32.2. The molecule has 1 aromatic heterocycles. The van der Waals surface area contributed by atoms with Crippen LogP contribution in [0.25, 0.3) is 0 Å². The Morgan fingerprint density at radius 2 is 1.95 bits per heavy atom. The topological polar surface area (TPSA) is 68.0 Å². The molecule has 1 aliphatic rings. The Morgan fingerprint density at radius 3 is 2.62 bits per heavy atom. The van der Waals surface area contributed by atoms with Gasteiger partial charge < -0.3 is 4.42 Å². The molecule has 21 heavy (non-hydrogen) atoms. The molecule has 1 amide bonds. The number of nitrogens with zero attached hydrogens (tertiary/aromatic N) is 2. The van der Waals surface area contributed by atoms with Crippen molar-refractivity contribution in [2.45, 2.75) is 36.5 Å². The van der Waals surface area contributed by atoms with Gasteiger partial charge in [-0.2, -0.15) is 3.89 Å². The monoisotopic (exact) mass is 307 g/mol. The maximum Gasteiger partial charge on any atom is 0.322 e. The molecule has 0 spiro atoms. The van der Waals surface area contributed by atoms with Crippen LogP contribution < -0.4 is 5.32 Å². The first-order chi connectivity index (χ1) is 10.3. The zero-order valence-corrected chi connectivity index (χ0v) is 12.0. The van der Waals surface area contributed by atoms with Crippen molar-refractivity contribution < 1.29 is 13.1 Å². The lowest BCUT2D eigenvalue weighted by Crippen LogP contribution is -2.11. The summed E-state index contributed by atoms with van der Waals surface area (Å²) in [4.78, 5) is 12.5. The molecule has 0 saturated heterocycles. The molecule has 1 aliphatic carbocycles. The quantitative estimate of drug-likeness (QED) is 0.926. The Kier molecular flexibility index (Phi) is 4.19. The molecule has 110 valence electrons. The van der Waals surface area contributed by atoms with Gasteiger partial charge in [-0.15, -0.1) is 5.10 Å². The number of hydrogen-bond donors (Lipinski definition) is 1. The molecule has 0 aliphatic heterocycles. The van der Waals surface area contributed by atoms with Gasteiger partial charge in [0.25, 0.3) is 5.91 Å². The highest BCUT2D eigenvalue weighted by molar-refractivity contribution is 7.94. The van der Waals surface area contributed by atoms with Gasteiger partial charge in [-0.3, -0.25) is 10.1 Å². The van der Waals surface area contributed by atoms with Crippen LogP contribution in [0.3, 0.4) is 0 Å². The third kappa shape index (κ3) is 3.24. The van der Waals surface area contributed by atoms with Crippen LogP contribution >= 0.6 is 12.1 Å². The van der Waals surface area contributed by atoms with Crippen LogP contribution in [0.15, 0.2) is 33.6 Å². The van der Waals surface area contributed by atoms with Gasteiger partial charge in [-0.1, -0.05) is 17.9 Å². The third-order valence-electron chi connectivity index (χ3n) is 3.57. The van der Waals surface area contributed by atoms with Crippen molar-refractivity contribution in [1.82, 2.24) is 10.2 Å². The van der Waals surface area contributed by atoms with E-state index < -0.39 is 0 Å². The Labute approximate surface area is 125 Å². The lowest BCUT2D eigenvalue weighted by Gasteiger charge is -2.02. The molecular formula is C14H14FN3O2S. The zero-order chi connectivity index (χ0) is 14.7. The first-order valence-electron chi connectivity index (χ1n) is 6.79.